The predicted molar refractivity (Wildman–Crippen MR) is 102 cm³/mol. The first-order chi connectivity index (χ1) is 12.7. The summed E-state index contributed by atoms with van der Waals surface area (Å²) in [5, 5.41) is 10.3. The maximum Gasteiger partial charge on any atom is 0.336 e. The molecule has 26 heavy (non-hydrogen) atoms. The summed E-state index contributed by atoms with van der Waals surface area (Å²) >= 11 is 0. The quantitative estimate of drug-likeness (QED) is 0.521. The third kappa shape index (κ3) is 2.74. The van der Waals surface area contributed by atoms with Gasteiger partial charge in [-0.3, -0.25) is 0 Å². The number of carbonyl (C=O) groups is 1. The van der Waals surface area contributed by atoms with Gasteiger partial charge in [-0.15, -0.1) is 0 Å². The average molecular weight is 343 g/mol. The van der Waals surface area contributed by atoms with Crippen molar-refractivity contribution < 1.29 is 9.90 Å². The van der Waals surface area contributed by atoms with Crippen LogP contribution in [0.1, 0.15) is 15.9 Å². The molecule has 0 amide bonds. The Morgan fingerprint density at radius 3 is 2.58 bits per heavy atom. The van der Waals surface area contributed by atoms with Crippen molar-refractivity contribution in [3.8, 4) is 22.3 Å². The average Bonchev–Trinajstić information content (AvgIpc) is 3.11. The lowest BCUT2D eigenvalue weighted by molar-refractivity contribution is 0.0695. The highest BCUT2D eigenvalue weighted by molar-refractivity contribution is 5.97. The number of pyridine rings is 1. The number of rotatable bonds is 4. The molecule has 0 saturated heterocycles. The van der Waals surface area contributed by atoms with Crippen molar-refractivity contribution in [3.05, 3.63) is 78.1 Å². The molecule has 0 aliphatic carbocycles. The van der Waals surface area contributed by atoms with Gasteiger partial charge in [0.2, 0.25) is 0 Å². The summed E-state index contributed by atoms with van der Waals surface area (Å²) in [6.45, 7) is 0.172. The van der Waals surface area contributed by atoms with Crippen molar-refractivity contribution in [2.24, 2.45) is 5.73 Å². The highest BCUT2D eigenvalue weighted by Gasteiger charge is 2.13. The molecule has 5 nitrogen and oxygen atoms in total. The van der Waals surface area contributed by atoms with Gasteiger partial charge in [0.15, 0.2) is 0 Å². The predicted octanol–water partition coefficient (Wildman–Crippen LogP) is 4.05. The minimum atomic E-state index is -0.969. The van der Waals surface area contributed by atoms with E-state index in [0.717, 1.165) is 33.3 Å². The summed E-state index contributed by atoms with van der Waals surface area (Å²) in [5.74, 6) is -0.969. The lowest BCUT2D eigenvalue weighted by Crippen LogP contribution is -2.06. The normalized spacial score (nSPS) is 11.0. The minimum absolute atomic E-state index is 0.172. The number of benzene rings is 2. The van der Waals surface area contributed by atoms with Crippen molar-refractivity contribution in [2.75, 3.05) is 0 Å². The zero-order chi connectivity index (χ0) is 18.1. The first kappa shape index (κ1) is 16.1. The van der Waals surface area contributed by atoms with Crippen LogP contribution in [0.2, 0.25) is 0 Å². The smallest absolute Gasteiger partial charge is 0.336 e. The summed E-state index contributed by atoms with van der Waals surface area (Å²) in [7, 11) is 0. The Bertz CT molecular complexity index is 1100. The molecule has 0 atom stereocenters. The van der Waals surface area contributed by atoms with Crippen molar-refractivity contribution >= 4 is 17.0 Å². The number of nitrogens with two attached hydrogens (primary N) is 1. The van der Waals surface area contributed by atoms with E-state index in [9.17, 15) is 9.90 Å². The fourth-order valence-electron chi connectivity index (χ4n) is 3.17. The number of hydrogen-bond donors (Lipinski definition) is 3. The van der Waals surface area contributed by atoms with Gasteiger partial charge in [-0.2, -0.15) is 0 Å². The number of fused-ring (bicyclic) bond motifs is 1. The van der Waals surface area contributed by atoms with E-state index < -0.39 is 5.97 Å². The molecule has 0 saturated carbocycles. The highest BCUT2D eigenvalue weighted by Crippen LogP contribution is 2.32. The number of nitrogens with zero attached hydrogens (tertiary/aromatic N) is 1. The first-order valence-electron chi connectivity index (χ1n) is 8.26. The van der Waals surface area contributed by atoms with Gasteiger partial charge in [0.05, 0.1) is 5.56 Å². The third-order valence-electron chi connectivity index (χ3n) is 4.50. The fourth-order valence-corrected chi connectivity index (χ4v) is 3.17. The van der Waals surface area contributed by atoms with Crippen molar-refractivity contribution in [2.45, 2.75) is 6.54 Å². The van der Waals surface area contributed by atoms with E-state index in [1.165, 1.54) is 0 Å². The Morgan fingerprint density at radius 2 is 1.85 bits per heavy atom. The van der Waals surface area contributed by atoms with Gasteiger partial charge in [-0.05, 0) is 34.9 Å². The molecule has 4 rings (SSSR count). The van der Waals surface area contributed by atoms with Crippen molar-refractivity contribution in [3.63, 3.8) is 0 Å². The van der Waals surface area contributed by atoms with Gasteiger partial charge < -0.3 is 15.8 Å². The number of aromatic amines is 1. The van der Waals surface area contributed by atoms with Crippen LogP contribution in [0.3, 0.4) is 0 Å². The second kappa shape index (κ2) is 6.46. The molecule has 5 heteroatoms. The molecule has 0 aliphatic heterocycles. The number of carboxylic acids is 1. The molecule has 0 fully saturated rings. The summed E-state index contributed by atoms with van der Waals surface area (Å²) in [5.41, 5.74) is 11.4. The van der Waals surface area contributed by atoms with Gasteiger partial charge in [0.1, 0.15) is 5.65 Å². The maximum atomic E-state index is 11.3. The number of H-pyrrole nitrogens is 1. The number of hydrogen-bond acceptors (Lipinski definition) is 3. The molecule has 0 aliphatic rings. The van der Waals surface area contributed by atoms with Crippen molar-refractivity contribution in [1.29, 1.82) is 0 Å². The summed E-state index contributed by atoms with van der Waals surface area (Å²) in [4.78, 5) is 19.0. The van der Waals surface area contributed by atoms with Gasteiger partial charge in [0, 0.05) is 35.5 Å². The van der Waals surface area contributed by atoms with E-state index in [1.807, 2.05) is 48.8 Å². The van der Waals surface area contributed by atoms with E-state index >= 15 is 0 Å². The molecular formula is C21H17N3O2. The molecule has 0 spiro atoms. The first-order valence-corrected chi connectivity index (χ1v) is 8.26. The van der Waals surface area contributed by atoms with Gasteiger partial charge in [-0.1, -0.05) is 36.4 Å². The van der Waals surface area contributed by atoms with Crippen LogP contribution in [0.4, 0.5) is 0 Å². The van der Waals surface area contributed by atoms with E-state index in [2.05, 4.69) is 16.0 Å². The van der Waals surface area contributed by atoms with E-state index in [-0.39, 0.29) is 12.1 Å². The standard InChI is InChI=1S/C21H17N3O2/c22-10-15-8-14(6-7-17(15)21(25)26)19-12-24-20-18(19)9-16(11-23-20)13-4-2-1-3-5-13/h1-9,11-12H,10,22H2,(H,23,24)(H,25,26). The Labute approximate surface area is 150 Å². The van der Waals surface area contributed by atoms with Crippen molar-refractivity contribution in [1.82, 2.24) is 9.97 Å². The van der Waals surface area contributed by atoms with Crippen LogP contribution in [0.5, 0.6) is 0 Å². The summed E-state index contributed by atoms with van der Waals surface area (Å²) in [6.07, 6.45) is 3.74. The molecule has 2 aromatic carbocycles. The molecule has 128 valence electrons. The Morgan fingerprint density at radius 1 is 1.04 bits per heavy atom. The van der Waals surface area contributed by atoms with E-state index in [0.29, 0.717) is 5.56 Å². The molecule has 4 aromatic rings. The molecule has 0 unspecified atom stereocenters. The Hall–Kier alpha value is -3.44. The largest absolute Gasteiger partial charge is 0.478 e. The van der Waals surface area contributed by atoms with Crippen LogP contribution in [-0.2, 0) is 6.54 Å². The van der Waals surface area contributed by atoms with Crippen LogP contribution in [0.25, 0.3) is 33.3 Å². The van der Waals surface area contributed by atoms with Crippen LogP contribution in [0, 0.1) is 0 Å². The number of carboxylic acid groups (broad SMARTS) is 1. The van der Waals surface area contributed by atoms with Crippen LogP contribution >= 0.6 is 0 Å². The second-order valence-corrected chi connectivity index (χ2v) is 6.07. The maximum absolute atomic E-state index is 11.3. The number of nitrogens with one attached hydrogen (secondary N) is 1. The molecule has 2 heterocycles. The summed E-state index contributed by atoms with van der Waals surface area (Å²) in [6, 6.07) is 17.4. The lowest BCUT2D eigenvalue weighted by Gasteiger charge is -2.07. The monoisotopic (exact) mass is 343 g/mol. The fraction of sp³-hybridized carbons (Fsp3) is 0.0476. The molecule has 0 radical (unpaired) electrons. The SMILES string of the molecule is NCc1cc(-c2c[nH]c3ncc(-c4ccccc4)cc23)ccc1C(=O)O. The van der Waals surface area contributed by atoms with Gasteiger partial charge in [0.25, 0.3) is 0 Å². The Kier molecular flexibility index (Phi) is 3.99. The Balaban J connectivity index is 1.86. The molecule has 0 bridgehead atoms. The second-order valence-electron chi connectivity index (χ2n) is 6.07. The third-order valence-corrected chi connectivity index (χ3v) is 4.50. The summed E-state index contributed by atoms with van der Waals surface area (Å²) < 4.78 is 0. The van der Waals surface area contributed by atoms with Crippen LogP contribution in [0.15, 0.2) is 67.0 Å². The number of aromatic nitrogens is 2. The minimum Gasteiger partial charge on any atom is -0.478 e. The van der Waals surface area contributed by atoms with Crippen LogP contribution < -0.4 is 5.73 Å². The zero-order valence-corrected chi connectivity index (χ0v) is 13.9. The van der Waals surface area contributed by atoms with E-state index in [1.54, 1.807) is 12.1 Å². The van der Waals surface area contributed by atoms with E-state index in [4.69, 9.17) is 5.73 Å². The van der Waals surface area contributed by atoms with Gasteiger partial charge >= 0.3 is 5.97 Å². The van der Waals surface area contributed by atoms with Gasteiger partial charge in [-0.25, -0.2) is 9.78 Å². The molecule has 4 N–H and O–H groups in total. The molecule has 2 aromatic heterocycles. The zero-order valence-electron chi connectivity index (χ0n) is 13.9. The lowest BCUT2D eigenvalue weighted by atomic mass is 9.98. The number of aromatic carboxylic acids is 1. The topological polar surface area (TPSA) is 92.0 Å². The van der Waals surface area contributed by atoms with Crippen LogP contribution in [-0.4, -0.2) is 21.0 Å². The molecular weight excluding hydrogens is 326 g/mol. The highest BCUT2D eigenvalue weighted by atomic mass is 16.4.